The third kappa shape index (κ3) is 4.92. The molecule has 0 unspecified atom stereocenters. The first-order valence-electron chi connectivity index (χ1n) is 8.91. The average Bonchev–Trinajstić information content (AvgIpc) is 2.67. The Labute approximate surface area is 167 Å². The highest BCUT2D eigenvalue weighted by molar-refractivity contribution is 6.01. The third-order valence-corrected chi connectivity index (χ3v) is 4.43. The lowest BCUT2D eigenvalue weighted by molar-refractivity contribution is -0.144. The van der Waals surface area contributed by atoms with Crippen molar-refractivity contribution < 1.29 is 19.1 Å². The number of anilines is 1. The molecule has 29 heavy (non-hydrogen) atoms. The van der Waals surface area contributed by atoms with E-state index in [9.17, 15) is 19.2 Å². The van der Waals surface area contributed by atoms with Gasteiger partial charge in [-0.05, 0) is 23.1 Å². The van der Waals surface area contributed by atoms with Crippen molar-refractivity contribution in [3.8, 4) is 5.75 Å². The number of esters is 1. The molecule has 0 fully saturated rings. The number of benzene rings is 1. The van der Waals surface area contributed by atoms with Crippen LogP contribution in [0.15, 0.2) is 33.9 Å². The Kier molecular flexibility index (Phi) is 6.31. The molecule has 0 bridgehead atoms. The van der Waals surface area contributed by atoms with Gasteiger partial charge in [-0.1, -0.05) is 32.9 Å². The molecular formula is C20H25N3O6. The first-order chi connectivity index (χ1) is 13.4. The van der Waals surface area contributed by atoms with Gasteiger partial charge in [0.05, 0.1) is 0 Å². The van der Waals surface area contributed by atoms with Crippen LogP contribution in [0.5, 0.6) is 5.75 Å². The highest BCUT2D eigenvalue weighted by Crippen LogP contribution is 2.24. The molecule has 9 heteroatoms. The summed E-state index contributed by atoms with van der Waals surface area (Å²) >= 11 is 0. The van der Waals surface area contributed by atoms with Crippen molar-refractivity contribution in [1.82, 2.24) is 9.13 Å². The van der Waals surface area contributed by atoms with Crippen LogP contribution >= 0.6 is 0 Å². The zero-order valence-electron chi connectivity index (χ0n) is 17.1. The summed E-state index contributed by atoms with van der Waals surface area (Å²) in [4.78, 5) is 48.1. The van der Waals surface area contributed by atoms with Gasteiger partial charge >= 0.3 is 11.7 Å². The highest BCUT2D eigenvalue weighted by atomic mass is 16.6. The van der Waals surface area contributed by atoms with Crippen LogP contribution in [0.2, 0.25) is 0 Å². The summed E-state index contributed by atoms with van der Waals surface area (Å²) < 4.78 is 12.0. The zero-order valence-corrected chi connectivity index (χ0v) is 17.1. The van der Waals surface area contributed by atoms with Crippen molar-refractivity contribution >= 4 is 17.6 Å². The quantitative estimate of drug-likeness (QED) is 0.558. The molecule has 0 aliphatic heterocycles. The number of nitrogen functional groups attached to an aromatic ring is 1. The van der Waals surface area contributed by atoms with E-state index in [1.54, 1.807) is 12.1 Å². The SMILES string of the molecule is Cn1c(N)c(C(=O)COC(=O)COc2ccc(C(C)(C)C)cc2)c(=O)n(C)c1=O. The number of carbonyl (C=O) groups is 2. The van der Waals surface area contributed by atoms with Crippen LogP contribution in [0.25, 0.3) is 0 Å². The van der Waals surface area contributed by atoms with Crippen molar-refractivity contribution in [2.24, 2.45) is 14.1 Å². The number of ether oxygens (including phenoxy) is 2. The molecular weight excluding hydrogens is 378 g/mol. The number of Topliss-reactive ketones (excluding diaryl/α,β-unsaturated/α-hetero) is 1. The smallest absolute Gasteiger partial charge is 0.344 e. The molecule has 2 rings (SSSR count). The summed E-state index contributed by atoms with van der Waals surface area (Å²) in [5.74, 6) is -1.38. The molecule has 0 atom stereocenters. The summed E-state index contributed by atoms with van der Waals surface area (Å²) in [7, 11) is 2.56. The maximum atomic E-state index is 12.3. The van der Waals surface area contributed by atoms with Gasteiger partial charge in [0.2, 0.25) is 5.78 Å². The van der Waals surface area contributed by atoms with E-state index in [-0.39, 0.29) is 11.2 Å². The summed E-state index contributed by atoms with van der Waals surface area (Å²) in [6, 6.07) is 7.30. The summed E-state index contributed by atoms with van der Waals surface area (Å²) in [5, 5.41) is 0. The van der Waals surface area contributed by atoms with Gasteiger partial charge in [0.15, 0.2) is 13.2 Å². The number of ketones is 1. The minimum absolute atomic E-state index is 0.00233. The zero-order chi connectivity index (χ0) is 21.9. The first-order valence-corrected chi connectivity index (χ1v) is 8.91. The predicted molar refractivity (Wildman–Crippen MR) is 107 cm³/mol. The van der Waals surface area contributed by atoms with E-state index in [2.05, 4.69) is 20.8 Å². The second-order valence-electron chi connectivity index (χ2n) is 7.61. The van der Waals surface area contributed by atoms with Crippen LogP contribution in [0.1, 0.15) is 36.7 Å². The number of hydrogen-bond donors (Lipinski definition) is 1. The van der Waals surface area contributed by atoms with Gasteiger partial charge in [0.25, 0.3) is 5.56 Å². The summed E-state index contributed by atoms with van der Waals surface area (Å²) in [6.45, 7) is 5.16. The van der Waals surface area contributed by atoms with Crippen LogP contribution in [0, 0.1) is 0 Å². The fourth-order valence-corrected chi connectivity index (χ4v) is 2.58. The van der Waals surface area contributed by atoms with Crippen LogP contribution < -0.4 is 21.7 Å². The molecule has 0 spiro atoms. The monoisotopic (exact) mass is 403 g/mol. The Hall–Kier alpha value is -3.36. The molecule has 1 heterocycles. The number of hydrogen-bond acceptors (Lipinski definition) is 7. The Morgan fingerprint density at radius 2 is 1.59 bits per heavy atom. The van der Waals surface area contributed by atoms with Crippen LogP contribution in [-0.4, -0.2) is 34.1 Å². The maximum Gasteiger partial charge on any atom is 0.344 e. The van der Waals surface area contributed by atoms with Gasteiger partial charge in [0, 0.05) is 14.1 Å². The average molecular weight is 403 g/mol. The van der Waals surface area contributed by atoms with E-state index < -0.39 is 41.8 Å². The second kappa shape index (κ2) is 8.34. The largest absolute Gasteiger partial charge is 0.482 e. The molecule has 0 saturated carbocycles. The normalized spacial score (nSPS) is 11.2. The molecule has 0 saturated heterocycles. The predicted octanol–water partition coefficient (Wildman–Crippen LogP) is 0.769. The molecule has 0 radical (unpaired) electrons. The van der Waals surface area contributed by atoms with Crippen molar-refractivity contribution in [1.29, 1.82) is 0 Å². The topological polar surface area (TPSA) is 123 Å². The molecule has 1 aromatic heterocycles. The Balaban J connectivity index is 1.97. The summed E-state index contributed by atoms with van der Waals surface area (Å²) in [5.41, 5.74) is 4.91. The number of nitrogens with zero attached hydrogens (tertiary/aromatic N) is 2. The van der Waals surface area contributed by atoms with Crippen LogP contribution in [0.3, 0.4) is 0 Å². The molecule has 2 N–H and O–H groups in total. The van der Waals surface area contributed by atoms with E-state index in [0.29, 0.717) is 5.75 Å². The summed E-state index contributed by atoms with van der Waals surface area (Å²) in [6.07, 6.45) is 0. The number of aromatic nitrogens is 2. The van der Waals surface area contributed by atoms with E-state index >= 15 is 0 Å². The molecule has 9 nitrogen and oxygen atoms in total. The number of nitrogens with two attached hydrogens (primary N) is 1. The van der Waals surface area contributed by atoms with E-state index in [1.165, 1.54) is 14.1 Å². The Bertz CT molecular complexity index is 1040. The molecule has 0 aliphatic rings. The van der Waals surface area contributed by atoms with E-state index in [1.807, 2.05) is 12.1 Å². The first kappa shape index (κ1) is 21.9. The van der Waals surface area contributed by atoms with Crippen molar-refractivity contribution in [2.75, 3.05) is 18.9 Å². The molecule has 0 aliphatic carbocycles. The second-order valence-corrected chi connectivity index (χ2v) is 7.61. The van der Waals surface area contributed by atoms with Crippen LogP contribution in [0.4, 0.5) is 5.82 Å². The van der Waals surface area contributed by atoms with Crippen molar-refractivity contribution in [3.05, 3.63) is 56.2 Å². The fourth-order valence-electron chi connectivity index (χ4n) is 2.58. The minimum Gasteiger partial charge on any atom is -0.482 e. The number of rotatable bonds is 6. The Morgan fingerprint density at radius 3 is 2.14 bits per heavy atom. The third-order valence-electron chi connectivity index (χ3n) is 4.43. The van der Waals surface area contributed by atoms with Gasteiger partial charge in [-0.3, -0.25) is 18.7 Å². The minimum atomic E-state index is -0.846. The molecule has 1 aromatic carbocycles. The van der Waals surface area contributed by atoms with E-state index in [4.69, 9.17) is 15.2 Å². The fraction of sp³-hybridized carbons (Fsp3) is 0.400. The van der Waals surface area contributed by atoms with Crippen LogP contribution in [-0.2, 0) is 29.0 Å². The lowest BCUT2D eigenvalue weighted by atomic mass is 9.87. The molecule has 156 valence electrons. The number of carbonyl (C=O) groups excluding carboxylic acids is 2. The van der Waals surface area contributed by atoms with E-state index in [0.717, 1.165) is 14.7 Å². The van der Waals surface area contributed by atoms with Gasteiger partial charge in [-0.25, -0.2) is 9.59 Å². The van der Waals surface area contributed by atoms with Gasteiger partial charge in [-0.15, -0.1) is 0 Å². The molecule has 2 aromatic rings. The lowest BCUT2D eigenvalue weighted by Crippen LogP contribution is -2.42. The molecule has 0 amide bonds. The van der Waals surface area contributed by atoms with Gasteiger partial charge < -0.3 is 15.2 Å². The highest BCUT2D eigenvalue weighted by Gasteiger charge is 2.21. The standard InChI is InChI=1S/C20H25N3O6/c1-20(2,3)12-6-8-13(9-7-12)28-11-15(25)29-10-14(24)16-17(21)22(4)19(27)23(5)18(16)26/h6-9H,10-11,21H2,1-5H3. The van der Waals surface area contributed by atoms with Gasteiger partial charge in [-0.2, -0.15) is 0 Å². The van der Waals surface area contributed by atoms with Crippen molar-refractivity contribution in [3.63, 3.8) is 0 Å². The maximum absolute atomic E-state index is 12.3. The lowest BCUT2D eigenvalue weighted by Gasteiger charge is -2.19. The van der Waals surface area contributed by atoms with Gasteiger partial charge in [0.1, 0.15) is 17.1 Å². The Morgan fingerprint density at radius 1 is 1.00 bits per heavy atom. The van der Waals surface area contributed by atoms with Crippen molar-refractivity contribution in [2.45, 2.75) is 26.2 Å².